The number of hydrogen-bond acceptors (Lipinski definition) is 3. The number of carbonyl (C=O) groups is 1. The van der Waals surface area contributed by atoms with Crippen LogP contribution in [0.4, 0.5) is 0 Å². The number of rotatable bonds is 7. The molecule has 0 radical (unpaired) electrons. The molecule has 14 heavy (non-hydrogen) atoms. The molecule has 0 aliphatic heterocycles. The lowest BCUT2D eigenvalue weighted by Gasteiger charge is -2.13. The molecule has 0 saturated heterocycles. The van der Waals surface area contributed by atoms with E-state index in [9.17, 15) is 4.79 Å². The van der Waals surface area contributed by atoms with Gasteiger partial charge in [0.1, 0.15) is 0 Å². The highest BCUT2D eigenvalue weighted by Gasteiger charge is 2.08. The molecule has 0 saturated carbocycles. The Bertz CT molecular complexity index is 198. The van der Waals surface area contributed by atoms with E-state index in [-0.39, 0.29) is 11.9 Å². The highest BCUT2D eigenvalue weighted by Crippen LogP contribution is 1.99. The zero-order chi connectivity index (χ0) is 10.8. The third-order valence-corrected chi connectivity index (χ3v) is 2.05. The molecule has 4 heteroatoms. The molecule has 0 bridgehead atoms. The minimum atomic E-state index is 0.00498. The van der Waals surface area contributed by atoms with Crippen molar-refractivity contribution >= 4 is 5.91 Å². The van der Waals surface area contributed by atoms with E-state index in [4.69, 9.17) is 11.0 Å². The van der Waals surface area contributed by atoms with Crippen LogP contribution < -0.4 is 11.1 Å². The minimum absolute atomic E-state index is 0.00498. The summed E-state index contributed by atoms with van der Waals surface area (Å²) in [5, 5.41) is 11.3. The maximum Gasteiger partial charge on any atom is 0.220 e. The van der Waals surface area contributed by atoms with Gasteiger partial charge in [-0.3, -0.25) is 4.79 Å². The van der Waals surface area contributed by atoms with E-state index in [1.807, 2.05) is 6.92 Å². The first-order valence-electron chi connectivity index (χ1n) is 5.11. The van der Waals surface area contributed by atoms with Gasteiger partial charge < -0.3 is 11.1 Å². The third-order valence-electron chi connectivity index (χ3n) is 2.05. The van der Waals surface area contributed by atoms with E-state index < -0.39 is 0 Å². The summed E-state index contributed by atoms with van der Waals surface area (Å²) in [7, 11) is 0. The van der Waals surface area contributed by atoms with Crippen LogP contribution in [0.1, 0.15) is 39.0 Å². The van der Waals surface area contributed by atoms with E-state index >= 15 is 0 Å². The van der Waals surface area contributed by atoms with Crippen LogP contribution in [0.2, 0.25) is 0 Å². The summed E-state index contributed by atoms with van der Waals surface area (Å²) in [6.07, 6.45) is 3.40. The predicted octanol–water partition coefficient (Wildman–Crippen LogP) is 0.924. The fourth-order valence-corrected chi connectivity index (χ4v) is 1.14. The van der Waals surface area contributed by atoms with Crippen LogP contribution in [-0.4, -0.2) is 18.5 Å². The van der Waals surface area contributed by atoms with Gasteiger partial charge in [-0.2, -0.15) is 5.26 Å². The fraction of sp³-hybridized carbons (Fsp3) is 0.800. The Morgan fingerprint density at radius 3 is 2.79 bits per heavy atom. The number of amides is 1. The maximum absolute atomic E-state index is 11.3. The summed E-state index contributed by atoms with van der Waals surface area (Å²) in [5.74, 6) is 0.0283. The van der Waals surface area contributed by atoms with Crippen molar-refractivity contribution in [2.24, 2.45) is 5.73 Å². The van der Waals surface area contributed by atoms with E-state index in [1.54, 1.807) is 0 Å². The second-order valence-corrected chi connectivity index (χ2v) is 3.28. The Morgan fingerprint density at radius 2 is 2.29 bits per heavy atom. The molecule has 3 N–H and O–H groups in total. The first-order chi connectivity index (χ1) is 6.74. The fourth-order valence-electron chi connectivity index (χ4n) is 1.14. The summed E-state index contributed by atoms with van der Waals surface area (Å²) in [6.45, 7) is 2.59. The largest absolute Gasteiger partial charge is 0.352 e. The van der Waals surface area contributed by atoms with Gasteiger partial charge in [-0.1, -0.05) is 6.92 Å². The summed E-state index contributed by atoms with van der Waals surface area (Å²) < 4.78 is 0. The molecule has 0 aromatic carbocycles. The van der Waals surface area contributed by atoms with Crippen LogP contribution in [-0.2, 0) is 4.79 Å². The standard InChI is InChI=1S/C10H19N3O/c1-2-9(6-8-12)13-10(14)5-3-4-7-11/h9H,2-7,11H2,1H3,(H,13,14). The Labute approximate surface area is 85.5 Å². The second kappa shape index (κ2) is 8.52. The van der Waals surface area contributed by atoms with Crippen molar-refractivity contribution in [1.82, 2.24) is 5.32 Å². The number of unbranched alkanes of at least 4 members (excludes halogenated alkanes) is 1. The van der Waals surface area contributed by atoms with Crippen LogP contribution in [0.15, 0.2) is 0 Å². The molecule has 0 heterocycles. The van der Waals surface area contributed by atoms with Gasteiger partial charge in [0.15, 0.2) is 0 Å². The van der Waals surface area contributed by atoms with Gasteiger partial charge in [0, 0.05) is 12.5 Å². The Hall–Kier alpha value is -1.08. The molecule has 0 aromatic rings. The predicted molar refractivity (Wildman–Crippen MR) is 55.4 cm³/mol. The molecule has 0 fully saturated rings. The molecule has 1 unspecified atom stereocenters. The molecule has 0 aliphatic carbocycles. The minimum Gasteiger partial charge on any atom is -0.352 e. The lowest BCUT2D eigenvalue weighted by molar-refractivity contribution is -0.121. The summed E-state index contributed by atoms with van der Waals surface area (Å²) in [4.78, 5) is 11.3. The second-order valence-electron chi connectivity index (χ2n) is 3.28. The quantitative estimate of drug-likeness (QED) is 0.596. The van der Waals surface area contributed by atoms with Gasteiger partial charge in [-0.15, -0.1) is 0 Å². The van der Waals surface area contributed by atoms with Gasteiger partial charge in [-0.05, 0) is 25.8 Å². The molecule has 1 atom stereocenters. The van der Waals surface area contributed by atoms with Crippen LogP contribution in [0.3, 0.4) is 0 Å². The van der Waals surface area contributed by atoms with Crippen molar-refractivity contribution in [2.45, 2.75) is 45.1 Å². The van der Waals surface area contributed by atoms with Crippen LogP contribution in [0.5, 0.6) is 0 Å². The van der Waals surface area contributed by atoms with Crippen LogP contribution in [0.25, 0.3) is 0 Å². The normalized spacial score (nSPS) is 11.8. The highest BCUT2D eigenvalue weighted by atomic mass is 16.1. The molecule has 0 aromatic heterocycles. The lowest BCUT2D eigenvalue weighted by Crippen LogP contribution is -2.33. The van der Waals surface area contributed by atoms with Gasteiger partial charge in [0.05, 0.1) is 12.5 Å². The van der Waals surface area contributed by atoms with Crippen LogP contribution >= 0.6 is 0 Å². The first-order valence-corrected chi connectivity index (χ1v) is 5.11. The van der Waals surface area contributed by atoms with Gasteiger partial charge in [-0.25, -0.2) is 0 Å². The van der Waals surface area contributed by atoms with Gasteiger partial charge >= 0.3 is 0 Å². The monoisotopic (exact) mass is 197 g/mol. The molecular formula is C10H19N3O. The topological polar surface area (TPSA) is 78.9 Å². The van der Waals surface area contributed by atoms with Crippen LogP contribution in [0, 0.1) is 11.3 Å². The number of nitrogens with two attached hydrogens (primary N) is 1. The Morgan fingerprint density at radius 1 is 1.57 bits per heavy atom. The number of hydrogen-bond donors (Lipinski definition) is 2. The zero-order valence-corrected chi connectivity index (χ0v) is 8.75. The average molecular weight is 197 g/mol. The Balaban J connectivity index is 3.63. The van der Waals surface area contributed by atoms with E-state index in [0.29, 0.717) is 19.4 Å². The molecular weight excluding hydrogens is 178 g/mol. The number of nitriles is 1. The number of carbonyl (C=O) groups excluding carboxylic acids is 1. The van der Waals surface area contributed by atoms with Crippen molar-refractivity contribution in [3.63, 3.8) is 0 Å². The highest BCUT2D eigenvalue weighted by molar-refractivity contribution is 5.76. The van der Waals surface area contributed by atoms with Crippen molar-refractivity contribution in [1.29, 1.82) is 5.26 Å². The van der Waals surface area contributed by atoms with E-state index in [1.165, 1.54) is 0 Å². The van der Waals surface area contributed by atoms with Gasteiger partial charge in [0.2, 0.25) is 5.91 Å². The number of nitrogens with zero attached hydrogens (tertiary/aromatic N) is 1. The molecule has 0 aliphatic rings. The Kier molecular flexibility index (Phi) is 7.86. The molecule has 0 spiro atoms. The zero-order valence-electron chi connectivity index (χ0n) is 8.75. The third kappa shape index (κ3) is 6.44. The van der Waals surface area contributed by atoms with Crippen molar-refractivity contribution in [3.05, 3.63) is 0 Å². The van der Waals surface area contributed by atoms with Crippen molar-refractivity contribution < 1.29 is 4.79 Å². The molecule has 0 rings (SSSR count). The molecule has 1 amide bonds. The first kappa shape index (κ1) is 12.9. The SMILES string of the molecule is CCC(CC#N)NC(=O)CCCCN. The van der Waals surface area contributed by atoms with E-state index in [2.05, 4.69) is 11.4 Å². The smallest absolute Gasteiger partial charge is 0.220 e. The molecule has 4 nitrogen and oxygen atoms in total. The maximum atomic E-state index is 11.3. The molecule has 80 valence electrons. The summed E-state index contributed by atoms with van der Waals surface area (Å²) in [5.41, 5.74) is 5.32. The van der Waals surface area contributed by atoms with E-state index in [0.717, 1.165) is 19.3 Å². The summed E-state index contributed by atoms with van der Waals surface area (Å²) in [6, 6.07) is 2.06. The lowest BCUT2D eigenvalue weighted by atomic mass is 10.1. The summed E-state index contributed by atoms with van der Waals surface area (Å²) >= 11 is 0. The van der Waals surface area contributed by atoms with Crippen molar-refractivity contribution in [3.8, 4) is 6.07 Å². The number of nitrogens with one attached hydrogen (secondary N) is 1. The van der Waals surface area contributed by atoms with Crippen molar-refractivity contribution in [2.75, 3.05) is 6.54 Å². The van der Waals surface area contributed by atoms with Gasteiger partial charge in [0.25, 0.3) is 0 Å². The average Bonchev–Trinajstić information content (AvgIpc) is 2.17.